The number of hydrogen-bond acceptors (Lipinski definition) is 3. The van der Waals surface area contributed by atoms with Crippen LogP contribution < -0.4 is 5.46 Å². The van der Waals surface area contributed by atoms with E-state index in [4.69, 9.17) is 10.0 Å². The Labute approximate surface area is 122 Å². The Hall–Kier alpha value is -2.37. The van der Waals surface area contributed by atoms with Gasteiger partial charge in [0.15, 0.2) is 6.29 Å². The van der Waals surface area contributed by atoms with Crippen molar-refractivity contribution in [2.45, 2.75) is 6.54 Å². The Bertz CT molecular complexity index is 778. The van der Waals surface area contributed by atoms with Gasteiger partial charge in [-0.25, -0.2) is 0 Å². The van der Waals surface area contributed by atoms with E-state index in [1.54, 1.807) is 12.1 Å². The van der Waals surface area contributed by atoms with Crippen LogP contribution in [0.15, 0.2) is 54.7 Å². The van der Waals surface area contributed by atoms with Gasteiger partial charge < -0.3 is 14.6 Å². The van der Waals surface area contributed by atoms with Gasteiger partial charge in [-0.15, -0.1) is 0 Å². The molecule has 104 valence electrons. The van der Waals surface area contributed by atoms with Crippen LogP contribution in [0.4, 0.5) is 0 Å². The summed E-state index contributed by atoms with van der Waals surface area (Å²) >= 11 is 0. The second-order valence-corrected chi connectivity index (χ2v) is 4.96. The van der Waals surface area contributed by atoms with E-state index in [2.05, 4.69) is 0 Å². The fraction of sp³-hybridized carbons (Fsp3) is 0.0625. The summed E-state index contributed by atoms with van der Waals surface area (Å²) in [5.74, 6) is 0. The van der Waals surface area contributed by atoms with Gasteiger partial charge in [-0.3, -0.25) is 4.79 Å². The summed E-state index contributed by atoms with van der Waals surface area (Å²) < 4.78 is 2.02. The zero-order valence-electron chi connectivity index (χ0n) is 11.3. The predicted molar refractivity (Wildman–Crippen MR) is 82.7 cm³/mol. The molecule has 0 aliphatic heterocycles. The number of aldehydes is 1. The molecule has 1 aromatic heterocycles. The summed E-state index contributed by atoms with van der Waals surface area (Å²) in [6.07, 6.45) is 2.70. The summed E-state index contributed by atoms with van der Waals surface area (Å²) in [5.41, 5.74) is 3.17. The third-order valence-electron chi connectivity index (χ3n) is 3.58. The highest BCUT2D eigenvalue weighted by atomic mass is 16.4. The highest BCUT2D eigenvalue weighted by Gasteiger charge is 2.11. The Morgan fingerprint density at radius 1 is 1.05 bits per heavy atom. The lowest BCUT2D eigenvalue weighted by atomic mass is 9.80. The van der Waals surface area contributed by atoms with Crippen LogP contribution in [0.5, 0.6) is 0 Å². The van der Waals surface area contributed by atoms with Crippen LogP contribution in [0.2, 0.25) is 0 Å². The first-order chi connectivity index (χ1) is 10.2. The van der Waals surface area contributed by atoms with Gasteiger partial charge in [-0.05, 0) is 17.1 Å². The van der Waals surface area contributed by atoms with E-state index in [0.29, 0.717) is 17.6 Å². The minimum Gasteiger partial charge on any atom is -0.423 e. The number of carbonyl (C=O) groups is 1. The molecule has 0 aliphatic carbocycles. The van der Waals surface area contributed by atoms with Crippen molar-refractivity contribution in [3.63, 3.8) is 0 Å². The smallest absolute Gasteiger partial charge is 0.423 e. The highest BCUT2D eigenvalue weighted by Crippen LogP contribution is 2.20. The molecule has 0 unspecified atom stereocenters. The lowest BCUT2D eigenvalue weighted by Crippen LogP contribution is -2.29. The molecule has 0 saturated carbocycles. The van der Waals surface area contributed by atoms with E-state index in [1.807, 2.05) is 47.2 Å². The predicted octanol–water partition coefficient (Wildman–Crippen LogP) is 1.18. The normalized spacial score (nSPS) is 10.8. The van der Waals surface area contributed by atoms with Crippen molar-refractivity contribution < 1.29 is 14.8 Å². The van der Waals surface area contributed by atoms with Crippen LogP contribution in [0.1, 0.15) is 15.9 Å². The SMILES string of the molecule is O=Cc1cn(Cc2ccc(B(O)O)cc2)c2ccccc12. The summed E-state index contributed by atoms with van der Waals surface area (Å²) in [4.78, 5) is 11.1. The minimum absolute atomic E-state index is 0.463. The van der Waals surface area contributed by atoms with Gasteiger partial charge in [-0.2, -0.15) is 0 Å². The molecule has 0 bridgehead atoms. The first kappa shape index (κ1) is 13.6. The Morgan fingerprint density at radius 2 is 1.76 bits per heavy atom. The van der Waals surface area contributed by atoms with Gasteiger partial charge >= 0.3 is 7.12 Å². The topological polar surface area (TPSA) is 62.5 Å². The number of benzene rings is 2. The molecule has 0 spiro atoms. The Morgan fingerprint density at radius 3 is 2.43 bits per heavy atom. The van der Waals surface area contributed by atoms with Crippen LogP contribution in [0.25, 0.3) is 10.9 Å². The van der Waals surface area contributed by atoms with E-state index in [1.165, 1.54) is 0 Å². The largest absolute Gasteiger partial charge is 0.488 e. The molecule has 0 amide bonds. The maximum absolute atomic E-state index is 11.1. The molecule has 0 aliphatic rings. The second-order valence-electron chi connectivity index (χ2n) is 4.96. The van der Waals surface area contributed by atoms with Crippen molar-refractivity contribution in [1.29, 1.82) is 0 Å². The van der Waals surface area contributed by atoms with E-state index in [-0.39, 0.29) is 0 Å². The van der Waals surface area contributed by atoms with Crippen LogP contribution in [0, 0.1) is 0 Å². The van der Waals surface area contributed by atoms with E-state index in [9.17, 15) is 4.79 Å². The van der Waals surface area contributed by atoms with Gasteiger partial charge in [-0.1, -0.05) is 42.5 Å². The number of fused-ring (bicyclic) bond motifs is 1. The molecule has 3 aromatic rings. The third kappa shape index (κ3) is 2.61. The van der Waals surface area contributed by atoms with E-state index >= 15 is 0 Å². The lowest BCUT2D eigenvalue weighted by Gasteiger charge is -2.07. The lowest BCUT2D eigenvalue weighted by molar-refractivity contribution is 0.112. The Balaban J connectivity index is 1.96. The van der Waals surface area contributed by atoms with Crippen molar-refractivity contribution in [3.05, 3.63) is 65.9 Å². The monoisotopic (exact) mass is 279 g/mol. The number of hydrogen-bond donors (Lipinski definition) is 2. The maximum atomic E-state index is 11.1. The number of carbonyl (C=O) groups excluding carboxylic acids is 1. The molecule has 0 atom stereocenters. The summed E-state index contributed by atoms with van der Waals surface area (Å²) in [6.45, 7) is 0.621. The molecule has 2 aromatic carbocycles. The van der Waals surface area contributed by atoms with Crippen molar-refractivity contribution in [1.82, 2.24) is 4.57 Å². The molecule has 0 radical (unpaired) electrons. The van der Waals surface area contributed by atoms with Crippen molar-refractivity contribution in [2.75, 3.05) is 0 Å². The summed E-state index contributed by atoms with van der Waals surface area (Å²) in [7, 11) is -1.45. The summed E-state index contributed by atoms with van der Waals surface area (Å²) in [5, 5.41) is 19.1. The maximum Gasteiger partial charge on any atom is 0.488 e. The van der Waals surface area contributed by atoms with Gasteiger partial charge in [0.1, 0.15) is 0 Å². The molecule has 4 nitrogen and oxygen atoms in total. The van der Waals surface area contributed by atoms with Gasteiger partial charge in [0, 0.05) is 29.2 Å². The van der Waals surface area contributed by atoms with Crippen LogP contribution in [-0.2, 0) is 6.54 Å². The van der Waals surface area contributed by atoms with E-state index < -0.39 is 7.12 Å². The fourth-order valence-corrected chi connectivity index (χ4v) is 2.49. The van der Waals surface area contributed by atoms with Crippen LogP contribution in [-0.4, -0.2) is 28.0 Å². The Kier molecular flexibility index (Phi) is 3.60. The van der Waals surface area contributed by atoms with Crippen molar-refractivity contribution in [2.24, 2.45) is 0 Å². The number of rotatable bonds is 4. The first-order valence-electron chi connectivity index (χ1n) is 6.67. The summed E-state index contributed by atoms with van der Waals surface area (Å²) in [6, 6.07) is 14.8. The van der Waals surface area contributed by atoms with Crippen LogP contribution in [0.3, 0.4) is 0 Å². The average molecular weight is 279 g/mol. The van der Waals surface area contributed by atoms with Gasteiger partial charge in [0.2, 0.25) is 0 Å². The third-order valence-corrected chi connectivity index (χ3v) is 3.58. The molecule has 1 heterocycles. The van der Waals surface area contributed by atoms with E-state index in [0.717, 1.165) is 22.8 Å². The molecule has 0 saturated heterocycles. The molecular formula is C16H14BNO3. The number of nitrogens with zero attached hydrogens (tertiary/aromatic N) is 1. The van der Waals surface area contributed by atoms with Gasteiger partial charge in [0.05, 0.1) is 0 Å². The fourth-order valence-electron chi connectivity index (χ4n) is 2.49. The minimum atomic E-state index is -1.45. The number of para-hydroxylation sites is 1. The molecule has 5 heteroatoms. The van der Waals surface area contributed by atoms with Crippen molar-refractivity contribution >= 4 is 29.8 Å². The molecule has 21 heavy (non-hydrogen) atoms. The van der Waals surface area contributed by atoms with Crippen molar-refractivity contribution in [3.8, 4) is 0 Å². The second kappa shape index (κ2) is 5.56. The molecule has 0 fully saturated rings. The van der Waals surface area contributed by atoms with Crippen LogP contribution >= 0.6 is 0 Å². The average Bonchev–Trinajstić information content (AvgIpc) is 2.86. The zero-order valence-corrected chi connectivity index (χ0v) is 11.3. The molecule has 3 rings (SSSR count). The zero-order chi connectivity index (χ0) is 14.8. The molecule has 2 N–H and O–H groups in total. The highest BCUT2D eigenvalue weighted by molar-refractivity contribution is 6.58. The first-order valence-corrected chi connectivity index (χ1v) is 6.67. The molecular weight excluding hydrogens is 265 g/mol. The quantitative estimate of drug-likeness (QED) is 0.557. The number of aromatic nitrogens is 1. The van der Waals surface area contributed by atoms with Gasteiger partial charge in [0.25, 0.3) is 0 Å². The standard InChI is InChI=1S/C16H14BNO3/c19-11-13-10-18(16-4-2-1-3-15(13)16)9-12-5-7-14(8-6-12)17(20)21/h1-8,10-11,20-21H,9H2.